The van der Waals surface area contributed by atoms with Gasteiger partial charge >= 0.3 is 0 Å². The maximum Gasteiger partial charge on any atom is 0.259 e. The Labute approximate surface area is 339 Å². The highest BCUT2D eigenvalue weighted by Gasteiger charge is 2.62. The first-order valence-electron chi connectivity index (χ1n) is 20.4. The summed E-state index contributed by atoms with van der Waals surface area (Å²) in [5.41, 5.74) is 0.726. The van der Waals surface area contributed by atoms with Crippen LogP contribution in [0.5, 0.6) is 11.5 Å². The highest BCUT2D eigenvalue weighted by molar-refractivity contribution is 7.91. The van der Waals surface area contributed by atoms with Gasteiger partial charge in [0.2, 0.25) is 27.7 Å². The van der Waals surface area contributed by atoms with E-state index in [-0.39, 0.29) is 37.6 Å². The highest BCUT2D eigenvalue weighted by Crippen LogP contribution is 2.46. The number of nitrogens with one attached hydrogen (secondary N) is 2. The van der Waals surface area contributed by atoms with E-state index in [9.17, 15) is 27.6 Å². The Hall–Kier alpha value is -5.05. The highest BCUT2D eigenvalue weighted by atomic mass is 32.2. The van der Waals surface area contributed by atoms with Crippen LogP contribution in [0.3, 0.4) is 0 Å². The molecule has 5 aliphatic rings. The number of hydrogen-bond donors (Lipinski definition) is 2. The smallest absolute Gasteiger partial charge is 0.259 e. The van der Waals surface area contributed by atoms with Gasteiger partial charge in [-0.3, -0.25) is 28.9 Å². The van der Waals surface area contributed by atoms with E-state index in [1.165, 1.54) is 11.0 Å². The van der Waals surface area contributed by atoms with Crippen LogP contribution in [-0.4, -0.2) is 101 Å². The molecule has 15 heteroatoms. The summed E-state index contributed by atoms with van der Waals surface area (Å²) in [6.45, 7) is 11.4. The molecule has 0 radical (unpaired) electrons. The lowest BCUT2D eigenvalue weighted by molar-refractivity contribution is -0.148. The zero-order valence-electron chi connectivity index (χ0n) is 33.4. The number of benzene rings is 1. The Bertz CT molecular complexity index is 2250. The first-order chi connectivity index (χ1) is 27.7. The largest absolute Gasteiger partial charge is 0.493 e. The number of ether oxygens (including phenoxy) is 2. The zero-order valence-corrected chi connectivity index (χ0v) is 34.2. The molecule has 5 heterocycles. The molecule has 3 aromatic rings. The Morgan fingerprint density at radius 1 is 1.09 bits per heavy atom. The molecular formula is C43H52N6O8S. The van der Waals surface area contributed by atoms with Gasteiger partial charge in [0.05, 0.1) is 41.2 Å². The molecule has 2 aromatic heterocycles. The Kier molecular flexibility index (Phi) is 10.5. The number of rotatable bonds is 12. The third-order valence-corrected chi connectivity index (χ3v) is 14.2. The van der Waals surface area contributed by atoms with Gasteiger partial charge in [-0.05, 0) is 68.2 Å². The predicted octanol–water partition coefficient (Wildman–Crippen LogP) is 4.31. The lowest BCUT2D eigenvalue weighted by Crippen LogP contribution is -2.57. The van der Waals surface area contributed by atoms with Crippen LogP contribution in [0.4, 0.5) is 0 Å². The fourth-order valence-electron chi connectivity index (χ4n) is 8.67. The van der Waals surface area contributed by atoms with Crippen molar-refractivity contribution >= 4 is 44.6 Å². The summed E-state index contributed by atoms with van der Waals surface area (Å²) >= 11 is 0. The summed E-state index contributed by atoms with van der Waals surface area (Å²) in [6.07, 6.45) is 7.26. The molecule has 4 amide bonds. The van der Waals surface area contributed by atoms with Gasteiger partial charge in [0, 0.05) is 61.5 Å². The molecule has 2 aliphatic carbocycles. The van der Waals surface area contributed by atoms with E-state index >= 15 is 0 Å². The topological polar surface area (TPSA) is 177 Å². The van der Waals surface area contributed by atoms with E-state index in [0.29, 0.717) is 56.1 Å². The predicted molar refractivity (Wildman–Crippen MR) is 216 cm³/mol. The van der Waals surface area contributed by atoms with Crippen LogP contribution in [0.1, 0.15) is 77.7 Å². The van der Waals surface area contributed by atoms with Gasteiger partial charge in [-0.2, -0.15) is 0 Å². The van der Waals surface area contributed by atoms with Crippen LogP contribution in [0.2, 0.25) is 0 Å². The second-order valence-electron chi connectivity index (χ2n) is 17.5. The number of hydrogen-bond acceptors (Lipinski definition) is 10. The van der Waals surface area contributed by atoms with Crippen molar-refractivity contribution in [2.24, 2.45) is 17.3 Å². The van der Waals surface area contributed by atoms with Crippen molar-refractivity contribution in [1.29, 1.82) is 0 Å². The summed E-state index contributed by atoms with van der Waals surface area (Å²) in [7, 11) is -3.90. The van der Waals surface area contributed by atoms with Crippen molar-refractivity contribution in [2.75, 3.05) is 26.2 Å². The first-order valence-corrected chi connectivity index (χ1v) is 22.0. The summed E-state index contributed by atoms with van der Waals surface area (Å²) in [5.74, 6) is -1.90. The van der Waals surface area contributed by atoms with E-state index in [1.807, 2.05) is 62.1 Å². The van der Waals surface area contributed by atoms with Crippen molar-refractivity contribution in [2.45, 2.75) is 101 Å². The van der Waals surface area contributed by atoms with Crippen molar-refractivity contribution in [3.63, 3.8) is 0 Å². The van der Waals surface area contributed by atoms with Gasteiger partial charge in [0.1, 0.15) is 29.2 Å². The van der Waals surface area contributed by atoms with E-state index in [1.54, 1.807) is 6.20 Å². The average molecular weight is 813 g/mol. The molecule has 2 saturated carbocycles. The molecule has 5 atom stereocenters. The molecule has 2 N–H and O–H groups in total. The number of piperidine rings is 1. The molecule has 14 nitrogen and oxygen atoms in total. The van der Waals surface area contributed by atoms with Crippen molar-refractivity contribution in [3.8, 4) is 22.9 Å². The standard InChI is InChI=1S/C43H52N6O8S/c1-5-26-24-43(26,41(53)47-58(54,55)28-12-13-28)46-39(51)34-21-27(25-49(34)40(52)31(42(2,3)4)22-37(50)48-18-9-6-10-19-48)57-36-23-33(32-11-7-8-17-44-32)45-38-29(36)14-15-35-30(38)16-20-56-35/h5,7-8,11,14-15,17,23,26-28,31,34H,1,6,9-10,12-13,16,18-22,24-25H2,2-4H3,(H,46,51)(H,47,53)/t26-,27-,31?,34+,43-/m1/s1. The van der Waals surface area contributed by atoms with Crippen LogP contribution in [0.25, 0.3) is 22.3 Å². The minimum atomic E-state index is -3.90. The van der Waals surface area contributed by atoms with Crippen LogP contribution < -0.4 is 19.5 Å². The Balaban J connectivity index is 1.12. The number of pyridine rings is 2. The number of sulfonamides is 1. The maximum absolute atomic E-state index is 14.9. The minimum Gasteiger partial charge on any atom is -0.493 e. The summed E-state index contributed by atoms with van der Waals surface area (Å²) < 4.78 is 40.5. The van der Waals surface area contributed by atoms with E-state index in [0.717, 1.165) is 41.5 Å². The Morgan fingerprint density at radius 3 is 2.53 bits per heavy atom. The van der Waals surface area contributed by atoms with Gasteiger partial charge in [-0.1, -0.05) is 32.9 Å². The molecule has 1 aromatic carbocycles. The van der Waals surface area contributed by atoms with Gasteiger partial charge in [0.25, 0.3) is 5.91 Å². The molecule has 4 fully saturated rings. The van der Waals surface area contributed by atoms with E-state index < -0.39 is 62.0 Å². The molecular weight excluding hydrogens is 761 g/mol. The molecule has 0 spiro atoms. The number of aromatic nitrogens is 2. The number of likely N-dealkylation sites (tertiary alicyclic amines) is 2. The average Bonchev–Trinajstić information content (AvgIpc) is 4.09. The van der Waals surface area contributed by atoms with Gasteiger partial charge < -0.3 is 24.6 Å². The van der Waals surface area contributed by atoms with Crippen molar-refractivity contribution in [3.05, 3.63) is 60.8 Å². The number of nitrogens with zero attached hydrogens (tertiary/aromatic N) is 4. The zero-order chi connectivity index (χ0) is 41.0. The normalized spacial score (nSPS) is 24.7. The third kappa shape index (κ3) is 7.76. The number of fused-ring (bicyclic) bond motifs is 3. The van der Waals surface area contributed by atoms with Crippen molar-refractivity contribution < 1.29 is 37.1 Å². The van der Waals surface area contributed by atoms with E-state index in [2.05, 4.69) is 21.6 Å². The molecule has 8 rings (SSSR count). The molecule has 0 bridgehead atoms. The lowest BCUT2D eigenvalue weighted by Gasteiger charge is -2.36. The SMILES string of the molecule is C=C[C@@H]1C[C@]1(NC(=O)[C@@H]1C[C@@H](Oc2cc(-c3ccccn3)nc3c4c(ccc23)OCC4)CN1C(=O)C(CC(=O)N1CCCCC1)C(C)(C)C)C(=O)NS(=O)(=O)C1CC1. The van der Waals surface area contributed by atoms with Gasteiger partial charge in [0.15, 0.2) is 0 Å². The van der Waals surface area contributed by atoms with Crippen LogP contribution in [-0.2, 0) is 35.6 Å². The number of carbonyl (C=O) groups excluding carboxylic acids is 4. The van der Waals surface area contributed by atoms with Gasteiger partial charge in [-0.25, -0.2) is 13.4 Å². The van der Waals surface area contributed by atoms with Crippen molar-refractivity contribution in [1.82, 2.24) is 29.8 Å². The number of amides is 4. The molecule has 2 saturated heterocycles. The molecule has 58 heavy (non-hydrogen) atoms. The van der Waals surface area contributed by atoms with Crippen LogP contribution in [0.15, 0.2) is 55.3 Å². The summed E-state index contributed by atoms with van der Waals surface area (Å²) in [4.78, 5) is 69.7. The molecule has 1 unspecified atom stereocenters. The van der Waals surface area contributed by atoms with Crippen LogP contribution in [0, 0.1) is 17.3 Å². The summed E-state index contributed by atoms with van der Waals surface area (Å²) in [5, 5.41) is 2.99. The number of carbonyl (C=O) groups is 4. The quantitative estimate of drug-likeness (QED) is 0.251. The summed E-state index contributed by atoms with van der Waals surface area (Å²) in [6, 6.07) is 10.1. The molecule has 308 valence electrons. The fourth-order valence-corrected chi connectivity index (χ4v) is 10.0. The minimum absolute atomic E-state index is 0.0157. The van der Waals surface area contributed by atoms with E-state index in [4.69, 9.17) is 14.5 Å². The second-order valence-corrected chi connectivity index (χ2v) is 19.4. The third-order valence-electron chi connectivity index (χ3n) is 12.4. The first kappa shape index (κ1) is 39.8. The Morgan fingerprint density at radius 2 is 1.86 bits per heavy atom. The molecule has 3 aliphatic heterocycles. The monoisotopic (exact) mass is 812 g/mol. The van der Waals surface area contributed by atoms with Crippen LogP contribution >= 0.6 is 0 Å². The van der Waals surface area contributed by atoms with Gasteiger partial charge in [-0.15, -0.1) is 6.58 Å². The maximum atomic E-state index is 14.9. The second kappa shape index (κ2) is 15.3. The lowest BCUT2D eigenvalue weighted by atomic mass is 9.77. The fraction of sp³-hybridized carbons (Fsp3) is 0.535.